The molecule has 0 saturated heterocycles. The fourth-order valence-corrected chi connectivity index (χ4v) is 3.31. The minimum Gasteiger partial charge on any atom is -0.496 e. The third-order valence-corrected chi connectivity index (χ3v) is 4.77. The molecule has 0 fully saturated rings. The average molecular weight is 388 g/mol. The number of nitrogens with zero attached hydrogens (tertiary/aromatic N) is 1. The number of hydrazine groups is 1. The molecule has 0 bridgehead atoms. The molecule has 7 nitrogen and oxygen atoms in total. The lowest BCUT2D eigenvalue weighted by Crippen LogP contribution is -2.42. The molecule has 1 aromatic carbocycles. The number of carbonyl (C=O) groups is 1. The Bertz CT molecular complexity index is 801. The van der Waals surface area contributed by atoms with Gasteiger partial charge in [-0.1, -0.05) is 0 Å². The summed E-state index contributed by atoms with van der Waals surface area (Å²) in [6.07, 6.45) is 1.68. The summed E-state index contributed by atoms with van der Waals surface area (Å²) < 4.78 is 31.4. The van der Waals surface area contributed by atoms with E-state index in [2.05, 4.69) is 26.2 Å². The van der Waals surface area contributed by atoms with Gasteiger partial charge in [0.15, 0.2) is 0 Å². The van der Waals surface area contributed by atoms with Crippen LogP contribution in [0.3, 0.4) is 0 Å². The maximum atomic E-state index is 12.1. The summed E-state index contributed by atoms with van der Waals surface area (Å²) in [5.74, 6) is -0.0459. The number of ether oxygens (including phenoxy) is 1. The highest BCUT2D eigenvalue weighted by Crippen LogP contribution is 2.27. The van der Waals surface area contributed by atoms with Gasteiger partial charge in [0.2, 0.25) is 0 Å². The van der Waals surface area contributed by atoms with E-state index in [0.29, 0.717) is 15.9 Å². The van der Waals surface area contributed by atoms with Crippen LogP contribution < -0.4 is 15.0 Å². The molecule has 2 N–H and O–H groups in total. The number of hydrogen-bond donors (Lipinski definition) is 2. The normalized spacial score (nSPS) is 11.2. The first-order valence-electron chi connectivity index (χ1n) is 6.12. The van der Waals surface area contributed by atoms with Crippen molar-refractivity contribution >= 4 is 31.9 Å². The molecular weight excluding hydrogens is 374 g/mol. The van der Waals surface area contributed by atoms with Crippen molar-refractivity contribution in [3.05, 3.63) is 46.7 Å². The Labute approximate surface area is 136 Å². The van der Waals surface area contributed by atoms with Gasteiger partial charge in [0.25, 0.3) is 15.9 Å². The van der Waals surface area contributed by atoms with Gasteiger partial charge < -0.3 is 9.30 Å². The van der Waals surface area contributed by atoms with Crippen LogP contribution in [0.15, 0.2) is 45.9 Å². The molecule has 2 aromatic rings. The lowest BCUT2D eigenvalue weighted by molar-refractivity contribution is 0.0937. The van der Waals surface area contributed by atoms with E-state index in [1.54, 1.807) is 29.9 Å². The van der Waals surface area contributed by atoms with Crippen LogP contribution in [0.2, 0.25) is 0 Å². The van der Waals surface area contributed by atoms with Gasteiger partial charge in [-0.25, -0.2) is 8.42 Å². The molecule has 0 unspecified atom stereocenters. The second kappa shape index (κ2) is 6.51. The lowest BCUT2D eigenvalue weighted by Gasteiger charge is -2.10. The van der Waals surface area contributed by atoms with Crippen LogP contribution in [-0.2, 0) is 17.1 Å². The minimum absolute atomic E-state index is 0.00708. The number of aryl methyl sites for hydroxylation is 1. The number of sulfonamides is 1. The number of amides is 1. The molecule has 0 atom stereocenters. The molecule has 0 spiro atoms. The van der Waals surface area contributed by atoms with Gasteiger partial charge in [0.1, 0.15) is 11.4 Å². The van der Waals surface area contributed by atoms with Gasteiger partial charge in [-0.15, -0.1) is 4.83 Å². The number of nitrogens with one attached hydrogen (secondary N) is 2. The topological polar surface area (TPSA) is 89.4 Å². The number of carbonyl (C=O) groups excluding carboxylic acids is 1. The Morgan fingerprint density at radius 3 is 2.59 bits per heavy atom. The highest BCUT2D eigenvalue weighted by atomic mass is 79.9. The van der Waals surface area contributed by atoms with Crippen molar-refractivity contribution in [2.75, 3.05) is 7.11 Å². The first kappa shape index (κ1) is 16.5. The predicted molar refractivity (Wildman–Crippen MR) is 83.9 cm³/mol. The number of aromatic nitrogens is 1. The van der Waals surface area contributed by atoms with E-state index in [9.17, 15) is 13.2 Å². The molecular formula is C13H14BrN3O4S. The highest BCUT2D eigenvalue weighted by Gasteiger charge is 2.18. The average Bonchev–Trinajstić information content (AvgIpc) is 2.91. The first-order chi connectivity index (χ1) is 10.3. The maximum Gasteiger partial charge on any atom is 0.282 e. The molecule has 118 valence electrons. The molecule has 2 rings (SSSR count). The third kappa shape index (κ3) is 3.49. The van der Waals surface area contributed by atoms with Crippen LogP contribution in [0.5, 0.6) is 5.75 Å². The third-order valence-electron chi connectivity index (χ3n) is 2.91. The van der Waals surface area contributed by atoms with E-state index in [4.69, 9.17) is 4.74 Å². The van der Waals surface area contributed by atoms with Crippen molar-refractivity contribution in [1.82, 2.24) is 14.8 Å². The molecule has 0 aliphatic rings. The van der Waals surface area contributed by atoms with Crippen molar-refractivity contribution in [3.63, 3.8) is 0 Å². The van der Waals surface area contributed by atoms with E-state index < -0.39 is 15.9 Å². The number of benzene rings is 1. The van der Waals surface area contributed by atoms with Crippen molar-refractivity contribution < 1.29 is 17.9 Å². The predicted octanol–water partition coefficient (Wildman–Crippen LogP) is 1.42. The van der Waals surface area contributed by atoms with Crippen molar-refractivity contribution in [3.8, 4) is 5.75 Å². The molecule has 0 radical (unpaired) electrons. The largest absolute Gasteiger partial charge is 0.496 e. The lowest BCUT2D eigenvalue weighted by atomic mass is 10.3. The SMILES string of the molecule is COc1ccc(S(=O)(=O)NNC(=O)c2cccn2C)cc1Br. The molecule has 9 heteroatoms. The summed E-state index contributed by atoms with van der Waals surface area (Å²) in [6, 6.07) is 7.53. The molecule has 0 saturated carbocycles. The van der Waals surface area contributed by atoms with Crippen molar-refractivity contribution in [1.29, 1.82) is 0 Å². The van der Waals surface area contributed by atoms with E-state index >= 15 is 0 Å². The summed E-state index contributed by atoms with van der Waals surface area (Å²) in [6.45, 7) is 0. The summed E-state index contributed by atoms with van der Waals surface area (Å²) >= 11 is 3.21. The fourth-order valence-electron chi connectivity index (χ4n) is 1.75. The van der Waals surface area contributed by atoms with E-state index in [1.165, 1.54) is 25.3 Å². The molecule has 1 heterocycles. The van der Waals surface area contributed by atoms with Crippen LogP contribution in [0.25, 0.3) is 0 Å². The van der Waals surface area contributed by atoms with Gasteiger partial charge in [-0.2, -0.15) is 0 Å². The second-order valence-electron chi connectivity index (χ2n) is 4.36. The van der Waals surface area contributed by atoms with Gasteiger partial charge >= 0.3 is 0 Å². The number of rotatable bonds is 5. The smallest absolute Gasteiger partial charge is 0.282 e. The Kier molecular flexibility index (Phi) is 4.89. The summed E-state index contributed by atoms with van der Waals surface area (Å²) in [5, 5.41) is 0. The fraction of sp³-hybridized carbons (Fsp3) is 0.154. The van der Waals surface area contributed by atoms with Crippen LogP contribution in [-0.4, -0.2) is 26.0 Å². The number of hydrogen-bond acceptors (Lipinski definition) is 4. The summed E-state index contributed by atoms with van der Waals surface area (Å²) in [4.78, 5) is 13.9. The van der Waals surface area contributed by atoms with Crippen LogP contribution in [0.4, 0.5) is 0 Å². The first-order valence-corrected chi connectivity index (χ1v) is 8.40. The molecule has 1 aromatic heterocycles. The zero-order chi connectivity index (χ0) is 16.3. The quantitative estimate of drug-likeness (QED) is 0.759. The molecule has 1 amide bonds. The monoisotopic (exact) mass is 387 g/mol. The van der Waals surface area contributed by atoms with Crippen molar-refractivity contribution in [2.24, 2.45) is 7.05 Å². The molecule has 0 aliphatic heterocycles. The Balaban J connectivity index is 2.13. The minimum atomic E-state index is -3.88. The molecule has 0 aliphatic carbocycles. The van der Waals surface area contributed by atoms with Gasteiger partial charge in [-0.05, 0) is 46.3 Å². The highest BCUT2D eigenvalue weighted by molar-refractivity contribution is 9.10. The number of methoxy groups -OCH3 is 1. The zero-order valence-electron chi connectivity index (χ0n) is 11.8. The van der Waals surface area contributed by atoms with Crippen LogP contribution in [0.1, 0.15) is 10.5 Å². The van der Waals surface area contributed by atoms with Crippen molar-refractivity contribution in [2.45, 2.75) is 4.90 Å². The van der Waals surface area contributed by atoms with Gasteiger partial charge in [0, 0.05) is 13.2 Å². The Hall–Kier alpha value is -1.84. The molecule has 22 heavy (non-hydrogen) atoms. The second-order valence-corrected chi connectivity index (χ2v) is 6.90. The van der Waals surface area contributed by atoms with Crippen LogP contribution >= 0.6 is 15.9 Å². The number of halogens is 1. The van der Waals surface area contributed by atoms with E-state index in [0.717, 1.165) is 0 Å². The zero-order valence-corrected chi connectivity index (χ0v) is 14.2. The summed E-state index contributed by atoms with van der Waals surface area (Å²) in [7, 11) is -0.720. The van der Waals surface area contributed by atoms with Crippen LogP contribution in [0, 0.1) is 0 Å². The Morgan fingerprint density at radius 1 is 1.32 bits per heavy atom. The Morgan fingerprint density at radius 2 is 2.05 bits per heavy atom. The summed E-state index contributed by atoms with van der Waals surface area (Å²) in [5.41, 5.74) is 2.50. The van der Waals surface area contributed by atoms with Gasteiger partial charge in [-0.3, -0.25) is 10.2 Å². The van der Waals surface area contributed by atoms with Gasteiger partial charge in [0.05, 0.1) is 16.5 Å². The maximum absolute atomic E-state index is 12.1. The standard InChI is InChI=1S/C13H14BrN3O4S/c1-17-7-3-4-11(17)13(18)15-16-22(19,20)9-5-6-12(21-2)10(14)8-9/h3-8,16H,1-2H3,(H,15,18). The van der Waals surface area contributed by atoms with E-state index in [1.807, 2.05) is 0 Å². The van der Waals surface area contributed by atoms with E-state index in [-0.39, 0.29) is 4.90 Å².